The molecule has 1 aliphatic heterocycles. The Morgan fingerprint density at radius 3 is 2.53 bits per heavy atom. The van der Waals surface area contributed by atoms with E-state index >= 15 is 0 Å². The summed E-state index contributed by atoms with van der Waals surface area (Å²) in [4.78, 5) is 0.373. The highest BCUT2D eigenvalue weighted by Crippen LogP contribution is 2.18. The van der Waals surface area contributed by atoms with Gasteiger partial charge in [-0.15, -0.1) is 0 Å². The quantitative estimate of drug-likeness (QED) is 0.785. The van der Waals surface area contributed by atoms with Gasteiger partial charge in [0.25, 0.3) is 0 Å². The summed E-state index contributed by atoms with van der Waals surface area (Å²) in [7, 11) is -3.19. The molecule has 0 aromatic heterocycles. The minimum Gasteiger partial charge on any atom is -0.501 e. The van der Waals surface area contributed by atoms with Crippen LogP contribution in [-0.2, 0) is 14.6 Å². The second-order valence-electron chi connectivity index (χ2n) is 3.47. The van der Waals surface area contributed by atoms with Crippen LogP contribution in [0.3, 0.4) is 0 Å². The van der Waals surface area contributed by atoms with Crippen LogP contribution < -0.4 is 0 Å². The lowest BCUT2D eigenvalue weighted by Gasteiger charge is -2.03. The summed E-state index contributed by atoms with van der Waals surface area (Å²) in [5, 5.41) is 0. The Balaban J connectivity index is 2.21. The average molecular weight is 224 g/mol. The van der Waals surface area contributed by atoms with E-state index in [0.717, 1.165) is 5.57 Å². The molecule has 0 bridgehead atoms. The van der Waals surface area contributed by atoms with Crippen molar-refractivity contribution in [3.63, 3.8) is 0 Å². The van der Waals surface area contributed by atoms with E-state index < -0.39 is 9.84 Å². The summed E-state index contributed by atoms with van der Waals surface area (Å²) in [6, 6.07) is 8.49. The van der Waals surface area contributed by atoms with Gasteiger partial charge in [0.2, 0.25) is 0 Å². The van der Waals surface area contributed by atoms with Gasteiger partial charge in [-0.2, -0.15) is 0 Å². The molecule has 0 unspecified atom stereocenters. The van der Waals surface area contributed by atoms with Crippen LogP contribution in [0.1, 0.15) is 6.42 Å². The van der Waals surface area contributed by atoms with Crippen LogP contribution in [0.5, 0.6) is 0 Å². The third-order valence-electron chi connectivity index (χ3n) is 2.27. The molecular weight excluding hydrogens is 212 g/mol. The average Bonchev–Trinajstić information content (AvgIpc) is 2.71. The predicted molar refractivity (Wildman–Crippen MR) is 57.1 cm³/mol. The van der Waals surface area contributed by atoms with Crippen molar-refractivity contribution < 1.29 is 13.2 Å². The number of rotatable bonds is 3. The first kappa shape index (κ1) is 10.2. The highest BCUT2D eigenvalue weighted by atomic mass is 32.2. The molecule has 1 aromatic carbocycles. The maximum Gasteiger partial charge on any atom is 0.182 e. The maximum absolute atomic E-state index is 11.9. The molecule has 0 radical (unpaired) electrons. The van der Waals surface area contributed by atoms with Crippen molar-refractivity contribution in [1.82, 2.24) is 0 Å². The molecule has 3 nitrogen and oxygen atoms in total. The first-order valence-corrected chi connectivity index (χ1v) is 6.41. The van der Waals surface area contributed by atoms with Crippen molar-refractivity contribution in [1.29, 1.82) is 0 Å². The summed E-state index contributed by atoms with van der Waals surface area (Å²) < 4.78 is 28.8. The molecule has 0 N–H and O–H groups in total. The second-order valence-corrected chi connectivity index (χ2v) is 5.46. The molecule has 1 heterocycles. The van der Waals surface area contributed by atoms with Crippen molar-refractivity contribution in [2.75, 3.05) is 12.4 Å². The summed E-state index contributed by atoms with van der Waals surface area (Å²) in [5.74, 6) is 0.0665. The Morgan fingerprint density at radius 2 is 1.93 bits per heavy atom. The van der Waals surface area contributed by atoms with Crippen molar-refractivity contribution in [2.24, 2.45) is 0 Å². The van der Waals surface area contributed by atoms with Gasteiger partial charge in [0, 0.05) is 6.42 Å². The zero-order chi connectivity index (χ0) is 10.7. The predicted octanol–water partition coefficient (Wildman–Crippen LogP) is 1.76. The fraction of sp³-hybridized carbons (Fsp3) is 0.273. The molecule has 0 fully saturated rings. The topological polar surface area (TPSA) is 43.4 Å². The number of benzene rings is 1. The SMILES string of the molecule is O=S(=O)(CC1=COCC1)c1ccccc1. The smallest absolute Gasteiger partial charge is 0.182 e. The van der Waals surface area contributed by atoms with E-state index in [-0.39, 0.29) is 5.75 Å². The monoisotopic (exact) mass is 224 g/mol. The minimum atomic E-state index is -3.19. The highest BCUT2D eigenvalue weighted by molar-refractivity contribution is 7.91. The molecule has 0 saturated carbocycles. The van der Waals surface area contributed by atoms with E-state index in [1.165, 1.54) is 0 Å². The van der Waals surface area contributed by atoms with Gasteiger partial charge < -0.3 is 4.74 Å². The minimum absolute atomic E-state index is 0.0665. The van der Waals surface area contributed by atoms with Crippen LogP contribution in [0.2, 0.25) is 0 Å². The molecule has 15 heavy (non-hydrogen) atoms. The third-order valence-corrected chi connectivity index (χ3v) is 4.01. The van der Waals surface area contributed by atoms with E-state index in [9.17, 15) is 8.42 Å². The van der Waals surface area contributed by atoms with Gasteiger partial charge in [0.1, 0.15) is 0 Å². The molecule has 4 heteroatoms. The molecule has 0 saturated heterocycles. The van der Waals surface area contributed by atoms with Crippen LogP contribution in [0.4, 0.5) is 0 Å². The van der Waals surface area contributed by atoms with Crippen molar-refractivity contribution in [3.8, 4) is 0 Å². The molecule has 1 aliphatic rings. The Kier molecular flexibility index (Phi) is 2.77. The zero-order valence-electron chi connectivity index (χ0n) is 8.22. The number of hydrogen-bond acceptors (Lipinski definition) is 3. The second kappa shape index (κ2) is 4.06. The number of ether oxygens (including phenoxy) is 1. The van der Waals surface area contributed by atoms with Gasteiger partial charge in [-0.05, 0) is 17.7 Å². The van der Waals surface area contributed by atoms with Gasteiger partial charge in [0.15, 0.2) is 9.84 Å². The van der Waals surface area contributed by atoms with E-state index in [1.807, 2.05) is 0 Å². The Morgan fingerprint density at radius 1 is 1.20 bits per heavy atom. The van der Waals surface area contributed by atoms with Gasteiger partial charge >= 0.3 is 0 Å². The molecule has 0 atom stereocenters. The summed E-state index contributed by atoms with van der Waals surface area (Å²) >= 11 is 0. The molecule has 0 aliphatic carbocycles. The lowest BCUT2D eigenvalue weighted by molar-refractivity contribution is 0.281. The lowest BCUT2D eigenvalue weighted by atomic mass is 10.3. The highest BCUT2D eigenvalue weighted by Gasteiger charge is 2.18. The molecule has 2 rings (SSSR count). The van der Waals surface area contributed by atoms with Crippen molar-refractivity contribution >= 4 is 9.84 Å². The zero-order valence-corrected chi connectivity index (χ0v) is 9.03. The standard InChI is InChI=1S/C11H12O3S/c12-15(13,9-10-6-7-14-8-10)11-4-2-1-3-5-11/h1-5,8H,6-7,9H2. The first-order chi connectivity index (χ1) is 7.18. The fourth-order valence-corrected chi connectivity index (χ4v) is 2.93. The summed E-state index contributed by atoms with van der Waals surface area (Å²) in [5.41, 5.74) is 0.846. The molecule has 1 aromatic rings. The lowest BCUT2D eigenvalue weighted by Crippen LogP contribution is -2.08. The van der Waals surface area contributed by atoms with E-state index in [0.29, 0.717) is 17.9 Å². The Bertz CT molecular complexity index is 460. The molecule has 0 spiro atoms. The van der Waals surface area contributed by atoms with Gasteiger partial charge in [-0.1, -0.05) is 18.2 Å². The number of hydrogen-bond donors (Lipinski definition) is 0. The van der Waals surface area contributed by atoms with Gasteiger partial charge in [-0.3, -0.25) is 0 Å². The van der Waals surface area contributed by atoms with Crippen LogP contribution in [0.15, 0.2) is 47.1 Å². The van der Waals surface area contributed by atoms with E-state index in [4.69, 9.17) is 4.74 Å². The van der Waals surface area contributed by atoms with E-state index in [1.54, 1.807) is 36.6 Å². The van der Waals surface area contributed by atoms with Crippen LogP contribution in [0, 0.1) is 0 Å². The fourth-order valence-electron chi connectivity index (χ4n) is 1.49. The van der Waals surface area contributed by atoms with Gasteiger partial charge in [-0.25, -0.2) is 8.42 Å². The normalized spacial score (nSPS) is 15.9. The van der Waals surface area contributed by atoms with Crippen molar-refractivity contribution in [3.05, 3.63) is 42.2 Å². The first-order valence-electron chi connectivity index (χ1n) is 4.76. The molecular formula is C11H12O3S. The third kappa shape index (κ3) is 2.39. The van der Waals surface area contributed by atoms with E-state index in [2.05, 4.69) is 0 Å². The van der Waals surface area contributed by atoms with Gasteiger partial charge in [0.05, 0.1) is 23.5 Å². The van der Waals surface area contributed by atoms with Crippen LogP contribution >= 0.6 is 0 Å². The Labute approximate surface area is 89.3 Å². The number of sulfone groups is 1. The summed E-state index contributed by atoms with van der Waals surface area (Å²) in [6.07, 6.45) is 2.27. The molecule has 80 valence electrons. The largest absolute Gasteiger partial charge is 0.501 e. The molecule has 0 amide bonds. The van der Waals surface area contributed by atoms with Crippen molar-refractivity contribution in [2.45, 2.75) is 11.3 Å². The maximum atomic E-state index is 11.9. The van der Waals surface area contributed by atoms with Crippen LogP contribution in [0.25, 0.3) is 0 Å². The summed E-state index contributed by atoms with van der Waals surface area (Å²) in [6.45, 7) is 0.597. The Hall–Kier alpha value is -1.29. The van der Waals surface area contributed by atoms with Crippen LogP contribution in [-0.4, -0.2) is 20.8 Å².